The minimum Gasteiger partial charge on any atom is -0.465 e. The van der Waals surface area contributed by atoms with Crippen LogP contribution in [-0.4, -0.2) is 61.6 Å². The average Bonchev–Trinajstić information content (AvgIpc) is 2.97. The molecule has 2 bridgehead atoms. The summed E-state index contributed by atoms with van der Waals surface area (Å²) in [4.78, 5) is 38.5. The topological polar surface area (TPSA) is 81.7 Å². The lowest BCUT2D eigenvalue weighted by molar-refractivity contribution is -0.938. The number of ketones is 1. The van der Waals surface area contributed by atoms with Gasteiger partial charge in [-0.2, -0.15) is 0 Å². The van der Waals surface area contributed by atoms with Gasteiger partial charge in [0.05, 0.1) is 25.8 Å². The molecule has 38 heavy (non-hydrogen) atoms. The molecule has 0 saturated carbocycles. The Kier molecular flexibility index (Phi) is 7.56. The van der Waals surface area contributed by atoms with Crippen LogP contribution in [0.4, 0.5) is 5.69 Å². The molecule has 3 aromatic carbocycles. The van der Waals surface area contributed by atoms with Crippen LogP contribution in [0.1, 0.15) is 45.2 Å². The molecule has 0 radical (unpaired) electrons. The predicted octanol–water partition coefficient (Wildman–Crippen LogP) is 4.66. The molecule has 196 valence electrons. The van der Waals surface area contributed by atoms with Crippen LogP contribution < -0.4 is 5.32 Å². The zero-order valence-corrected chi connectivity index (χ0v) is 21.5. The van der Waals surface area contributed by atoms with Gasteiger partial charge in [0, 0.05) is 30.0 Å². The lowest BCUT2D eigenvalue weighted by Crippen LogP contribution is -2.65. The molecule has 3 aromatic rings. The van der Waals surface area contributed by atoms with Crippen molar-refractivity contribution in [3.8, 4) is 0 Å². The van der Waals surface area contributed by atoms with E-state index < -0.39 is 12.0 Å². The number of para-hydroxylation sites is 1. The van der Waals surface area contributed by atoms with Crippen LogP contribution in [0.5, 0.6) is 0 Å². The van der Waals surface area contributed by atoms with E-state index in [-0.39, 0.29) is 17.9 Å². The summed E-state index contributed by atoms with van der Waals surface area (Å²) < 4.78 is 11.6. The summed E-state index contributed by atoms with van der Waals surface area (Å²) in [6.07, 6.45) is 1.62. The zero-order chi connectivity index (χ0) is 26.5. The highest BCUT2D eigenvalue weighted by atomic mass is 16.5. The molecule has 1 N–H and O–H groups in total. The number of hydrogen-bond acceptors (Lipinski definition) is 6. The zero-order valence-electron chi connectivity index (χ0n) is 21.5. The van der Waals surface area contributed by atoms with Gasteiger partial charge in [0.25, 0.3) is 0 Å². The number of carbonyl (C=O) groups excluding carboxylic acids is 3. The number of esters is 2. The number of nitrogens with one attached hydrogen (secondary N) is 1. The van der Waals surface area contributed by atoms with Crippen LogP contribution in [0, 0.1) is 5.92 Å². The van der Waals surface area contributed by atoms with Gasteiger partial charge in [0.15, 0.2) is 12.1 Å². The maximum atomic E-state index is 13.6. The number of anilines is 1. The van der Waals surface area contributed by atoms with Crippen LogP contribution in [0.15, 0.2) is 84.9 Å². The lowest BCUT2D eigenvalue weighted by atomic mass is 9.82. The van der Waals surface area contributed by atoms with Crippen molar-refractivity contribution in [1.29, 1.82) is 0 Å². The van der Waals surface area contributed by atoms with Crippen molar-refractivity contribution in [1.82, 2.24) is 0 Å². The van der Waals surface area contributed by atoms with Crippen molar-refractivity contribution in [2.24, 2.45) is 5.92 Å². The average molecular weight is 514 g/mol. The number of nitrogens with zero attached hydrogens (tertiary/aromatic N) is 1. The molecule has 0 aliphatic carbocycles. The number of fused-ring (bicyclic) bond motifs is 3. The second-order valence-corrected chi connectivity index (χ2v) is 10.3. The maximum Gasteiger partial charge on any atom is 0.337 e. The number of rotatable bonds is 9. The third-order valence-corrected chi connectivity index (χ3v) is 7.87. The Morgan fingerprint density at radius 1 is 0.868 bits per heavy atom. The van der Waals surface area contributed by atoms with Gasteiger partial charge in [-0.1, -0.05) is 60.7 Å². The first kappa shape index (κ1) is 25.7. The van der Waals surface area contributed by atoms with Gasteiger partial charge in [-0.15, -0.1) is 0 Å². The molecule has 3 heterocycles. The largest absolute Gasteiger partial charge is 0.465 e. The van der Waals surface area contributed by atoms with E-state index in [0.717, 1.165) is 37.2 Å². The Morgan fingerprint density at radius 3 is 2.11 bits per heavy atom. The monoisotopic (exact) mass is 513 g/mol. The second-order valence-electron chi connectivity index (χ2n) is 10.3. The number of hydrogen-bond donors (Lipinski definition) is 1. The fraction of sp³-hybridized carbons (Fsp3) is 0.323. The highest BCUT2D eigenvalue weighted by Crippen LogP contribution is 2.36. The molecule has 1 unspecified atom stereocenters. The van der Waals surface area contributed by atoms with Crippen molar-refractivity contribution < 1.29 is 28.3 Å². The molecule has 0 aromatic heterocycles. The van der Waals surface area contributed by atoms with E-state index in [1.54, 1.807) is 24.3 Å². The minimum atomic E-state index is -0.627. The van der Waals surface area contributed by atoms with Gasteiger partial charge in [-0.3, -0.25) is 4.79 Å². The van der Waals surface area contributed by atoms with Crippen molar-refractivity contribution in [2.75, 3.05) is 38.6 Å². The van der Waals surface area contributed by atoms with Gasteiger partial charge in [-0.05, 0) is 29.8 Å². The molecular weight excluding hydrogens is 480 g/mol. The highest BCUT2D eigenvalue weighted by molar-refractivity contribution is 5.98. The molecule has 3 saturated heterocycles. The van der Waals surface area contributed by atoms with E-state index in [1.165, 1.54) is 7.11 Å². The van der Waals surface area contributed by atoms with Crippen molar-refractivity contribution in [2.45, 2.75) is 25.0 Å². The van der Waals surface area contributed by atoms with Crippen LogP contribution in [0.2, 0.25) is 0 Å². The van der Waals surface area contributed by atoms with Crippen molar-refractivity contribution in [3.05, 3.63) is 102 Å². The first-order valence-electron chi connectivity index (χ1n) is 13.1. The van der Waals surface area contributed by atoms with Gasteiger partial charge in [0.2, 0.25) is 5.78 Å². The fourth-order valence-electron chi connectivity index (χ4n) is 5.72. The van der Waals surface area contributed by atoms with Gasteiger partial charge in [-0.25, -0.2) is 9.59 Å². The summed E-state index contributed by atoms with van der Waals surface area (Å²) in [5, 5.41) is 3.34. The number of quaternary nitrogens is 1. The molecule has 0 spiro atoms. The Bertz CT molecular complexity index is 1270. The molecule has 3 aliphatic heterocycles. The maximum absolute atomic E-state index is 13.6. The SMILES string of the molecule is COC(=O)c1ccc(C(=O)C[N+]23CCC(CC2)[C@@H](OC(=O)C(Nc2ccccc2)c2ccccc2)C3)cc1. The molecule has 3 aliphatic rings. The first-order chi connectivity index (χ1) is 18.5. The first-order valence-corrected chi connectivity index (χ1v) is 13.1. The van der Waals surface area contributed by atoms with Crippen LogP contribution in [-0.2, 0) is 14.3 Å². The summed E-state index contributed by atoms with van der Waals surface area (Å²) >= 11 is 0. The van der Waals surface area contributed by atoms with E-state index in [0.29, 0.717) is 34.6 Å². The Balaban J connectivity index is 1.28. The summed E-state index contributed by atoms with van der Waals surface area (Å²) in [6, 6.07) is 25.2. The summed E-state index contributed by atoms with van der Waals surface area (Å²) in [5.41, 5.74) is 2.68. The van der Waals surface area contributed by atoms with E-state index in [4.69, 9.17) is 9.47 Å². The second kappa shape index (κ2) is 11.2. The summed E-state index contributed by atoms with van der Waals surface area (Å²) in [7, 11) is 1.33. The normalized spacial score (nSPS) is 22.8. The third kappa shape index (κ3) is 5.63. The smallest absolute Gasteiger partial charge is 0.337 e. The molecular formula is C31H33N2O5+. The van der Waals surface area contributed by atoms with Crippen LogP contribution >= 0.6 is 0 Å². The van der Waals surface area contributed by atoms with Crippen LogP contribution in [0.3, 0.4) is 0 Å². The number of benzene rings is 3. The number of ether oxygens (including phenoxy) is 2. The van der Waals surface area contributed by atoms with Gasteiger partial charge in [0.1, 0.15) is 13.1 Å². The molecule has 0 amide bonds. The lowest BCUT2D eigenvalue weighted by Gasteiger charge is -2.51. The van der Waals surface area contributed by atoms with E-state index in [2.05, 4.69) is 5.32 Å². The van der Waals surface area contributed by atoms with Crippen molar-refractivity contribution in [3.63, 3.8) is 0 Å². The number of Topliss-reactive ketones (excluding diaryl/α,β-unsaturated/α-hetero) is 1. The highest BCUT2D eigenvalue weighted by Gasteiger charge is 2.49. The number of methoxy groups -OCH3 is 1. The Hall–Kier alpha value is -3.97. The van der Waals surface area contributed by atoms with Crippen molar-refractivity contribution >= 4 is 23.4 Å². The number of carbonyl (C=O) groups is 3. The quantitative estimate of drug-likeness (QED) is 0.255. The molecule has 7 nitrogen and oxygen atoms in total. The Morgan fingerprint density at radius 2 is 1.47 bits per heavy atom. The van der Waals surface area contributed by atoms with Gasteiger partial charge >= 0.3 is 11.9 Å². The predicted molar refractivity (Wildman–Crippen MR) is 144 cm³/mol. The van der Waals surface area contributed by atoms with Gasteiger partial charge < -0.3 is 19.3 Å². The minimum absolute atomic E-state index is 0.0275. The Labute approximate surface area is 223 Å². The van der Waals surface area contributed by atoms with E-state index in [9.17, 15) is 14.4 Å². The van der Waals surface area contributed by atoms with Crippen LogP contribution in [0.25, 0.3) is 0 Å². The van der Waals surface area contributed by atoms with E-state index >= 15 is 0 Å². The van der Waals surface area contributed by atoms with E-state index in [1.807, 2.05) is 60.7 Å². The third-order valence-electron chi connectivity index (χ3n) is 7.87. The summed E-state index contributed by atoms with van der Waals surface area (Å²) in [5.74, 6) is -0.396. The molecule has 2 atom stereocenters. The summed E-state index contributed by atoms with van der Waals surface area (Å²) in [6.45, 7) is 2.78. The number of piperidine rings is 3. The molecule has 6 rings (SSSR count). The fourth-order valence-corrected chi connectivity index (χ4v) is 5.72. The molecule has 3 fully saturated rings. The molecule has 7 heteroatoms. The standard InChI is InChI=1S/C31H33N2O5/c1-37-30(35)25-14-12-22(13-15-25)27(34)20-33-18-16-23(17-19-33)28(21-33)38-31(36)29(24-8-4-2-5-9-24)32-26-10-6-3-7-11-26/h2-15,23,28-29,32H,16-21H2,1H3/q+1/t23?,28-,29?,33?/m0/s1.